The van der Waals surface area contributed by atoms with Crippen LogP contribution in [-0.2, 0) is 5.41 Å². The molecular formula is C35H29N. The minimum atomic E-state index is -0.00775. The van der Waals surface area contributed by atoms with Crippen molar-refractivity contribution in [3.8, 4) is 27.9 Å². The fraction of sp³-hybridized carbons (Fsp3) is 0.143. The molecule has 0 aliphatic heterocycles. The van der Waals surface area contributed by atoms with Gasteiger partial charge in [-0.15, -0.1) is 0 Å². The van der Waals surface area contributed by atoms with E-state index in [1.54, 1.807) is 0 Å². The second-order valence-corrected chi connectivity index (χ2v) is 10.9. The van der Waals surface area contributed by atoms with E-state index in [-0.39, 0.29) is 5.41 Å². The first kappa shape index (κ1) is 21.2. The third kappa shape index (κ3) is 2.96. The summed E-state index contributed by atoms with van der Waals surface area (Å²) < 4.78 is 2.41. The van der Waals surface area contributed by atoms with E-state index in [9.17, 15) is 0 Å². The van der Waals surface area contributed by atoms with E-state index in [1.165, 1.54) is 72.0 Å². The lowest BCUT2D eigenvalue weighted by atomic mass is 9.81. The normalized spacial score (nSPS) is 13.8. The Morgan fingerprint density at radius 3 is 1.83 bits per heavy atom. The summed E-state index contributed by atoms with van der Waals surface area (Å²) in [6.45, 7) is 9.12. The van der Waals surface area contributed by atoms with Crippen molar-refractivity contribution in [2.45, 2.75) is 33.1 Å². The standard InChI is InChI=1S/C35H29N/c1-22-13-15-27-28-16-14-24(21-32(28)35(3,4)31(27)19-22)25-17-23(2)18-26(20-25)36-33-11-7-5-9-29(33)30-10-6-8-12-34(30)36/h5-21H,1-4H3. The predicted octanol–water partition coefficient (Wildman–Crippen LogP) is 9.37. The average molecular weight is 464 g/mol. The number of aryl methyl sites for hydroxylation is 2. The summed E-state index contributed by atoms with van der Waals surface area (Å²) in [5, 5.41) is 2.59. The molecule has 1 nitrogen and oxygen atoms in total. The molecule has 1 aliphatic carbocycles. The molecule has 0 fully saturated rings. The summed E-state index contributed by atoms with van der Waals surface area (Å²) in [4.78, 5) is 0. The van der Waals surface area contributed by atoms with Gasteiger partial charge in [-0.2, -0.15) is 0 Å². The fourth-order valence-corrected chi connectivity index (χ4v) is 6.29. The van der Waals surface area contributed by atoms with Crippen LogP contribution in [0.25, 0.3) is 49.7 Å². The lowest BCUT2D eigenvalue weighted by Gasteiger charge is -2.22. The van der Waals surface area contributed by atoms with Crippen molar-refractivity contribution in [2.24, 2.45) is 0 Å². The van der Waals surface area contributed by atoms with Gasteiger partial charge in [-0.05, 0) is 83.1 Å². The first-order valence-corrected chi connectivity index (χ1v) is 12.8. The van der Waals surface area contributed by atoms with Crippen molar-refractivity contribution < 1.29 is 0 Å². The van der Waals surface area contributed by atoms with Gasteiger partial charge in [-0.3, -0.25) is 0 Å². The highest BCUT2D eigenvalue weighted by Crippen LogP contribution is 2.50. The minimum absolute atomic E-state index is 0.00775. The summed E-state index contributed by atoms with van der Waals surface area (Å²) in [6.07, 6.45) is 0. The minimum Gasteiger partial charge on any atom is -0.309 e. The Morgan fingerprint density at radius 1 is 0.528 bits per heavy atom. The molecule has 1 heterocycles. The largest absolute Gasteiger partial charge is 0.309 e. The highest BCUT2D eigenvalue weighted by Gasteiger charge is 2.35. The number of hydrogen-bond acceptors (Lipinski definition) is 0. The number of nitrogens with zero attached hydrogens (tertiary/aromatic N) is 1. The van der Waals surface area contributed by atoms with Crippen LogP contribution in [0, 0.1) is 13.8 Å². The van der Waals surface area contributed by atoms with Crippen LogP contribution in [0.2, 0.25) is 0 Å². The molecule has 0 unspecified atom stereocenters. The van der Waals surface area contributed by atoms with Crippen molar-refractivity contribution in [3.63, 3.8) is 0 Å². The van der Waals surface area contributed by atoms with Crippen molar-refractivity contribution in [3.05, 3.63) is 125 Å². The molecule has 36 heavy (non-hydrogen) atoms. The second-order valence-electron chi connectivity index (χ2n) is 10.9. The van der Waals surface area contributed by atoms with Crippen LogP contribution in [0.5, 0.6) is 0 Å². The summed E-state index contributed by atoms with van der Waals surface area (Å²) >= 11 is 0. The first-order chi connectivity index (χ1) is 17.4. The van der Waals surface area contributed by atoms with Crippen LogP contribution < -0.4 is 0 Å². The molecule has 0 spiro atoms. The van der Waals surface area contributed by atoms with Crippen molar-refractivity contribution in [1.29, 1.82) is 0 Å². The Balaban J connectivity index is 1.43. The highest BCUT2D eigenvalue weighted by molar-refractivity contribution is 6.09. The van der Waals surface area contributed by atoms with Crippen LogP contribution >= 0.6 is 0 Å². The topological polar surface area (TPSA) is 4.93 Å². The second kappa shape index (κ2) is 7.45. The van der Waals surface area contributed by atoms with Crippen molar-refractivity contribution in [2.75, 3.05) is 0 Å². The summed E-state index contributed by atoms with van der Waals surface area (Å²) in [7, 11) is 0. The molecule has 6 aromatic rings. The maximum atomic E-state index is 2.43. The monoisotopic (exact) mass is 463 g/mol. The number of hydrogen-bond donors (Lipinski definition) is 0. The van der Waals surface area contributed by atoms with Crippen LogP contribution in [0.3, 0.4) is 0 Å². The molecule has 1 aromatic heterocycles. The van der Waals surface area contributed by atoms with Gasteiger partial charge in [0.25, 0.3) is 0 Å². The maximum Gasteiger partial charge on any atom is 0.0541 e. The van der Waals surface area contributed by atoms with Crippen molar-refractivity contribution in [1.82, 2.24) is 4.57 Å². The zero-order chi connectivity index (χ0) is 24.6. The highest BCUT2D eigenvalue weighted by atomic mass is 15.0. The molecule has 0 saturated heterocycles. The molecule has 0 radical (unpaired) electrons. The molecule has 1 aliphatic rings. The number of benzene rings is 5. The van der Waals surface area contributed by atoms with Gasteiger partial charge >= 0.3 is 0 Å². The predicted molar refractivity (Wildman–Crippen MR) is 153 cm³/mol. The van der Waals surface area contributed by atoms with Gasteiger partial charge in [-0.1, -0.05) is 92.2 Å². The Hall–Kier alpha value is -4.10. The lowest BCUT2D eigenvalue weighted by Crippen LogP contribution is -2.15. The molecule has 0 saturated carbocycles. The molecular weight excluding hydrogens is 434 g/mol. The molecule has 1 heteroatoms. The zero-order valence-corrected chi connectivity index (χ0v) is 21.3. The van der Waals surface area contributed by atoms with E-state index in [0.29, 0.717) is 0 Å². The van der Waals surface area contributed by atoms with Gasteiger partial charge in [0, 0.05) is 21.9 Å². The molecule has 0 bridgehead atoms. The Morgan fingerprint density at radius 2 is 1.14 bits per heavy atom. The third-order valence-electron chi connectivity index (χ3n) is 8.07. The fourth-order valence-electron chi connectivity index (χ4n) is 6.29. The first-order valence-electron chi connectivity index (χ1n) is 12.8. The zero-order valence-electron chi connectivity index (χ0n) is 21.3. The van der Waals surface area contributed by atoms with E-state index in [4.69, 9.17) is 0 Å². The SMILES string of the molecule is Cc1cc(-c2ccc3c(c2)C(C)(C)c2cc(C)ccc2-3)cc(-n2c3ccccc3c3ccccc32)c1. The van der Waals surface area contributed by atoms with Gasteiger partial charge in [0.05, 0.1) is 11.0 Å². The summed E-state index contributed by atoms with van der Waals surface area (Å²) in [6, 6.07) is 38.4. The molecule has 7 rings (SSSR count). The number of fused-ring (bicyclic) bond motifs is 6. The third-order valence-corrected chi connectivity index (χ3v) is 8.07. The summed E-state index contributed by atoms with van der Waals surface area (Å²) in [5.41, 5.74) is 14.4. The van der Waals surface area contributed by atoms with Crippen LogP contribution in [0.15, 0.2) is 103 Å². The van der Waals surface area contributed by atoms with Gasteiger partial charge in [0.1, 0.15) is 0 Å². The average Bonchev–Trinajstić information content (AvgIpc) is 3.33. The summed E-state index contributed by atoms with van der Waals surface area (Å²) in [5.74, 6) is 0. The smallest absolute Gasteiger partial charge is 0.0541 e. The molecule has 0 amide bonds. The van der Waals surface area contributed by atoms with Gasteiger partial charge in [0.2, 0.25) is 0 Å². The van der Waals surface area contributed by atoms with E-state index in [0.717, 1.165) is 0 Å². The van der Waals surface area contributed by atoms with Gasteiger partial charge < -0.3 is 4.57 Å². The van der Waals surface area contributed by atoms with Crippen LogP contribution in [0.1, 0.15) is 36.1 Å². The van der Waals surface area contributed by atoms with E-state index in [1.807, 2.05) is 0 Å². The maximum absolute atomic E-state index is 2.43. The Kier molecular flexibility index (Phi) is 4.39. The van der Waals surface area contributed by atoms with E-state index >= 15 is 0 Å². The molecule has 5 aromatic carbocycles. The van der Waals surface area contributed by atoms with Crippen LogP contribution in [-0.4, -0.2) is 4.57 Å². The number of para-hydroxylation sites is 2. The van der Waals surface area contributed by atoms with Crippen molar-refractivity contribution >= 4 is 21.8 Å². The van der Waals surface area contributed by atoms with Gasteiger partial charge in [-0.25, -0.2) is 0 Å². The Bertz CT molecular complexity index is 1780. The number of aromatic nitrogens is 1. The molecule has 174 valence electrons. The lowest BCUT2D eigenvalue weighted by molar-refractivity contribution is 0.660. The van der Waals surface area contributed by atoms with Crippen LogP contribution in [0.4, 0.5) is 0 Å². The molecule has 0 atom stereocenters. The quantitative estimate of drug-likeness (QED) is 0.241. The van der Waals surface area contributed by atoms with Gasteiger partial charge in [0.15, 0.2) is 0 Å². The molecule has 0 N–H and O–H groups in total. The van der Waals surface area contributed by atoms with E-state index in [2.05, 4.69) is 135 Å². The van der Waals surface area contributed by atoms with E-state index < -0.39 is 0 Å². The Labute approximate surface area is 212 Å². The number of rotatable bonds is 2.